The summed E-state index contributed by atoms with van der Waals surface area (Å²) in [6.07, 6.45) is 39.0. The van der Waals surface area contributed by atoms with Gasteiger partial charge < -0.3 is 19.3 Å². The number of hydrogen-bond donors (Lipinski definition) is 2. The zero-order chi connectivity index (χ0) is 35.4. The van der Waals surface area contributed by atoms with Crippen molar-refractivity contribution in [1.82, 2.24) is 0 Å². The van der Waals surface area contributed by atoms with Gasteiger partial charge in [-0.3, -0.25) is 14.1 Å². The number of phosphoric ester groups is 1. The van der Waals surface area contributed by atoms with E-state index in [0.29, 0.717) is 12.8 Å². The summed E-state index contributed by atoms with van der Waals surface area (Å²) in [5.74, 6) is -0.905. The van der Waals surface area contributed by atoms with Gasteiger partial charge in [0.2, 0.25) is 0 Å². The van der Waals surface area contributed by atoms with E-state index in [1.54, 1.807) is 0 Å². The Labute approximate surface area is 294 Å². The molecule has 282 valence electrons. The molecule has 0 aliphatic carbocycles. The van der Waals surface area contributed by atoms with E-state index in [0.717, 1.165) is 51.4 Å². The molecule has 0 bridgehead atoms. The molecule has 0 aliphatic rings. The molecule has 0 saturated heterocycles. The first-order valence-electron chi connectivity index (χ1n) is 19.6. The lowest BCUT2D eigenvalue weighted by Gasteiger charge is -2.18. The number of carbonyl (C=O) groups is 2. The zero-order valence-corrected chi connectivity index (χ0v) is 31.8. The van der Waals surface area contributed by atoms with Gasteiger partial charge >= 0.3 is 19.8 Å². The smallest absolute Gasteiger partial charge is 0.462 e. The molecular weight excluding hydrogens is 627 g/mol. The van der Waals surface area contributed by atoms with Crippen LogP contribution in [0.3, 0.4) is 0 Å². The molecule has 0 saturated carbocycles. The van der Waals surface area contributed by atoms with E-state index < -0.39 is 32.5 Å². The molecule has 0 spiro atoms. The first kappa shape index (κ1) is 46.5. The highest BCUT2D eigenvalue weighted by atomic mass is 31.2. The van der Waals surface area contributed by atoms with Crippen LogP contribution in [0, 0.1) is 0 Å². The van der Waals surface area contributed by atoms with Crippen LogP contribution in [0.2, 0.25) is 0 Å². The lowest BCUT2D eigenvalue weighted by Crippen LogP contribution is -2.29. The molecule has 0 radical (unpaired) electrons. The van der Waals surface area contributed by atoms with E-state index in [4.69, 9.17) is 19.3 Å². The van der Waals surface area contributed by atoms with Gasteiger partial charge in [-0.2, -0.15) is 0 Å². The van der Waals surface area contributed by atoms with Crippen molar-refractivity contribution in [3.63, 3.8) is 0 Å². The maximum absolute atomic E-state index is 12.4. The normalized spacial score (nSPS) is 12.7. The number of rotatable bonds is 36. The maximum atomic E-state index is 12.4. The highest BCUT2D eigenvalue weighted by Crippen LogP contribution is 2.36. The molecule has 0 amide bonds. The quantitative estimate of drug-likeness (QED) is 0.0287. The van der Waals surface area contributed by atoms with Crippen molar-refractivity contribution in [2.24, 2.45) is 0 Å². The number of allylic oxidation sites excluding steroid dienone is 4. The lowest BCUT2D eigenvalue weighted by molar-refractivity contribution is -0.161. The number of phosphoric acid groups is 1. The highest BCUT2D eigenvalue weighted by Gasteiger charge is 2.22. The van der Waals surface area contributed by atoms with E-state index in [-0.39, 0.29) is 19.4 Å². The number of esters is 2. The molecule has 9 heteroatoms. The van der Waals surface area contributed by atoms with Gasteiger partial charge in [0.05, 0.1) is 6.61 Å². The summed E-state index contributed by atoms with van der Waals surface area (Å²) in [6, 6.07) is 0. The third kappa shape index (κ3) is 37.4. The topological polar surface area (TPSA) is 119 Å². The van der Waals surface area contributed by atoms with Gasteiger partial charge in [-0.15, -0.1) is 0 Å². The van der Waals surface area contributed by atoms with Crippen molar-refractivity contribution in [1.29, 1.82) is 0 Å². The van der Waals surface area contributed by atoms with E-state index >= 15 is 0 Å². The van der Waals surface area contributed by atoms with Crippen molar-refractivity contribution in [3.05, 3.63) is 24.3 Å². The summed E-state index contributed by atoms with van der Waals surface area (Å²) in [7, 11) is -4.75. The Hall–Kier alpha value is -1.47. The molecule has 0 aromatic rings. The molecule has 1 atom stereocenters. The average Bonchev–Trinajstić information content (AvgIpc) is 3.05. The zero-order valence-electron chi connectivity index (χ0n) is 30.9. The van der Waals surface area contributed by atoms with Crippen molar-refractivity contribution in [2.45, 2.75) is 200 Å². The van der Waals surface area contributed by atoms with Crippen LogP contribution in [0.15, 0.2) is 24.3 Å². The van der Waals surface area contributed by atoms with Crippen LogP contribution < -0.4 is 0 Å². The average molecular weight is 701 g/mol. The maximum Gasteiger partial charge on any atom is 0.469 e. The van der Waals surface area contributed by atoms with E-state index in [2.05, 4.69) is 42.7 Å². The third-order valence-corrected chi connectivity index (χ3v) is 8.93. The summed E-state index contributed by atoms with van der Waals surface area (Å²) in [6.45, 7) is 3.65. The highest BCUT2D eigenvalue weighted by molar-refractivity contribution is 7.46. The molecular formula is C39H73O8P. The Morgan fingerprint density at radius 1 is 0.521 bits per heavy atom. The van der Waals surface area contributed by atoms with Gasteiger partial charge in [-0.25, -0.2) is 4.57 Å². The third-order valence-electron chi connectivity index (χ3n) is 8.44. The SMILES string of the molecule is CCCCCCCC/C=C/CCCCCCCCCC(=O)O[C@H](COC(=O)CCCCC/C=C/CCCCCCCC)COP(=O)(O)O. The van der Waals surface area contributed by atoms with Gasteiger partial charge in [0.15, 0.2) is 6.10 Å². The molecule has 0 aromatic heterocycles. The van der Waals surface area contributed by atoms with Crippen molar-refractivity contribution >= 4 is 19.8 Å². The Morgan fingerprint density at radius 2 is 0.875 bits per heavy atom. The van der Waals surface area contributed by atoms with Gasteiger partial charge in [0, 0.05) is 12.8 Å². The van der Waals surface area contributed by atoms with E-state index in [1.807, 2.05) is 0 Å². The second-order valence-corrected chi connectivity index (χ2v) is 14.5. The van der Waals surface area contributed by atoms with Crippen LogP contribution >= 0.6 is 7.82 Å². The van der Waals surface area contributed by atoms with Crippen LogP contribution in [0.1, 0.15) is 194 Å². The molecule has 48 heavy (non-hydrogen) atoms. The Balaban J connectivity index is 3.96. The fourth-order valence-corrected chi connectivity index (χ4v) is 5.84. The molecule has 0 aromatic carbocycles. The van der Waals surface area contributed by atoms with E-state index in [9.17, 15) is 14.2 Å². The van der Waals surface area contributed by atoms with Crippen LogP contribution in [-0.2, 0) is 28.2 Å². The molecule has 2 N–H and O–H groups in total. The molecule has 0 aliphatic heterocycles. The van der Waals surface area contributed by atoms with Gasteiger partial charge in [-0.1, -0.05) is 141 Å². The summed E-state index contributed by atoms with van der Waals surface area (Å²) in [5, 5.41) is 0. The van der Waals surface area contributed by atoms with Crippen molar-refractivity contribution < 1.29 is 37.9 Å². The molecule has 0 rings (SSSR count). The molecule has 0 fully saturated rings. The van der Waals surface area contributed by atoms with Gasteiger partial charge in [0.1, 0.15) is 6.61 Å². The molecule has 0 heterocycles. The summed E-state index contributed by atoms with van der Waals surface area (Å²) >= 11 is 0. The minimum absolute atomic E-state index is 0.206. The van der Waals surface area contributed by atoms with Crippen LogP contribution in [-0.4, -0.2) is 41.0 Å². The van der Waals surface area contributed by atoms with Crippen molar-refractivity contribution in [3.8, 4) is 0 Å². The fraction of sp³-hybridized carbons (Fsp3) is 0.846. The minimum atomic E-state index is -4.75. The molecule has 8 nitrogen and oxygen atoms in total. The van der Waals surface area contributed by atoms with Crippen LogP contribution in [0.5, 0.6) is 0 Å². The largest absolute Gasteiger partial charge is 0.469 e. The Morgan fingerprint density at radius 3 is 1.29 bits per heavy atom. The predicted octanol–water partition coefficient (Wildman–Crippen LogP) is 11.6. The number of ether oxygens (including phenoxy) is 2. The minimum Gasteiger partial charge on any atom is -0.462 e. The fourth-order valence-electron chi connectivity index (χ4n) is 5.48. The first-order chi connectivity index (χ1) is 23.3. The van der Waals surface area contributed by atoms with E-state index in [1.165, 1.54) is 103 Å². The first-order valence-corrected chi connectivity index (χ1v) is 21.2. The van der Waals surface area contributed by atoms with Gasteiger partial charge in [0.25, 0.3) is 0 Å². The number of hydrogen-bond acceptors (Lipinski definition) is 6. The second-order valence-electron chi connectivity index (χ2n) is 13.2. The molecule has 0 unspecified atom stereocenters. The van der Waals surface area contributed by atoms with Crippen LogP contribution in [0.4, 0.5) is 0 Å². The number of unbranched alkanes of at least 4 members (excludes halogenated alkanes) is 22. The summed E-state index contributed by atoms with van der Waals surface area (Å²) in [5.41, 5.74) is 0. The van der Waals surface area contributed by atoms with Crippen LogP contribution in [0.25, 0.3) is 0 Å². The standard InChI is InChI=1S/C39H73O8P/c1-3-5-7-9-11-13-15-17-18-19-20-22-24-26-28-30-32-34-39(41)47-37(36-46-48(42,43)44)35-45-38(40)33-31-29-27-25-23-21-16-14-12-10-8-6-4-2/h17-18,21,23,37H,3-16,19-20,22,24-36H2,1-2H3,(H2,42,43,44)/b18-17+,23-21+/t37-/m1/s1. The summed E-state index contributed by atoms with van der Waals surface area (Å²) in [4.78, 5) is 42.7. The monoisotopic (exact) mass is 701 g/mol. The summed E-state index contributed by atoms with van der Waals surface area (Å²) < 4.78 is 26.3. The second kappa shape index (κ2) is 35.4. The predicted molar refractivity (Wildman–Crippen MR) is 198 cm³/mol. The Kier molecular flexibility index (Phi) is 34.3. The lowest BCUT2D eigenvalue weighted by atomic mass is 10.1. The Bertz CT molecular complexity index is 838. The van der Waals surface area contributed by atoms with Crippen molar-refractivity contribution in [2.75, 3.05) is 13.2 Å². The van der Waals surface area contributed by atoms with Gasteiger partial charge in [-0.05, 0) is 64.2 Å². The number of carbonyl (C=O) groups excluding carboxylic acids is 2.